The molecule has 6 nitrogen and oxygen atoms in total. The van der Waals surface area contributed by atoms with Gasteiger partial charge in [-0.05, 0) is 36.4 Å². The number of anilines is 2. The van der Waals surface area contributed by atoms with E-state index in [1.165, 1.54) is 38.5 Å². The number of hydrogen-bond acceptors (Lipinski definition) is 6. The smallest absolute Gasteiger partial charge is 0.356 e. The molecule has 2 aromatic carbocycles. The fourth-order valence-corrected chi connectivity index (χ4v) is 1.98. The molecule has 0 spiro atoms. The van der Waals surface area contributed by atoms with Crippen molar-refractivity contribution in [1.82, 2.24) is 0 Å². The Hall–Kier alpha value is -3.35. The topological polar surface area (TPSA) is 76.7 Å². The van der Waals surface area contributed by atoms with E-state index >= 15 is 0 Å². The second-order valence-electron chi connectivity index (χ2n) is 4.86. The third-order valence-electron chi connectivity index (χ3n) is 3.19. The highest BCUT2D eigenvalue weighted by atomic mass is 19.1. The lowest BCUT2D eigenvalue weighted by Gasteiger charge is -2.16. The third-order valence-corrected chi connectivity index (χ3v) is 3.19. The molecule has 0 heterocycles. The molecule has 0 aromatic heterocycles. The Morgan fingerprint density at radius 3 is 1.64 bits per heavy atom. The first-order valence-electron chi connectivity index (χ1n) is 7.30. The van der Waals surface area contributed by atoms with Crippen LogP contribution in [0.25, 0.3) is 0 Å². The van der Waals surface area contributed by atoms with Gasteiger partial charge < -0.3 is 20.1 Å². The van der Waals surface area contributed by atoms with E-state index < -0.39 is 17.8 Å². The van der Waals surface area contributed by atoms with Crippen LogP contribution < -0.4 is 10.6 Å². The molecule has 2 rings (SSSR count). The van der Waals surface area contributed by atoms with Gasteiger partial charge in [0.15, 0.2) is 11.4 Å². The molecule has 2 N–H and O–H groups in total. The highest BCUT2D eigenvalue weighted by Gasteiger charge is 2.23. The van der Waals surface area contributed by atoms with Crippen LogP contribution in [0.2, 0.25) is 0 Å². The molecular weight excluding hydrogens is 327 g/mol. The maximum Gasteiger partial charge on any atom is 0.356 e. The molecule has 7 heteroatoms. The van der Waals surface area contributed by atoms with Gasteiger partial charge in [0.05, 0.1) is 14.2 Å². The van der Waals surface area contributed by atoms with Gasteiger partial charge in [0.1, 0.15) is 5.82 Å². The van der Waals surface area contributed by atoms with Crippen LogP contribution in [0.3, 0.4) is 0 Å². The van der Waals surface area contributed by atoms with Crippen molar-refractivity contribution in [3.8, 4) is 0 Å². The molecule has 0 aliphatic carbocycles. The molecule has 0 saturated heterocycles. The van der Waals surface area contributed by atoms with Gasteiger partial charge >= 0.3 is 11.9 Å². The number of halogens is 1. The molecular formula is C18H17FN2O4. The summed E-state index contributed by atoms with van der Waals surface area (Å²) in [6.45, 7) is 0. The Morgan fingerprint density at radius 2 is 1.20 bits per heavy atom. The predicted octanol–water partition coefficient (Wildman–Crippen LogP) is 2.91. The van der Waals surface area contributed by atoms with Crippen molar-refractivity contribution < 1.29 is 23.5 Å². The maximum absolute atomic E-state index is 13.1. The number of rotatable bonds is 6. The minimum absolute atomic E-state index is 0.134. The van der Waals surface area contributed by atoms with E-state index in [2.05, 4.69) is 10.6 Å². The molecule has 0 fully saturated rings. The Morgan fingerprint density at radius 1 is 0.760 bits per heavy atom. The van der Waals surface area contributed by atoms with E-state index in [1.54, 1.807) is 24.3 Å². The van der Waals surface area contributed by atoms with Crippen molar-refractivity contribution in [3.63, 3.8) is 0 Å². The van der Waals surface area contributed by atoms with Gasteiger partial charge in [-0.15, -0.1) is 0 Å². The molecule has 2 aromatic rings. The summed E-state index contributed by atoms with van der Waals surface area (Å²) in [5.74, 6) is -1.98. The first-order valence-corrected chi connectivity index (χ1v) is 7.30. The fraction of sp³-hybridized carbons (Fsp3) is 0.111. The Labute approximate surface area is 144 Å². The normalized spacial score (nSPS) is 11.2. The highest BCUT2D eigenvalue weighted by Crippen LogP contribution is 2.18. The summed E-state index contributed by atoms with van der Waals surface area (Å²) in [6.07, 6.45) is 0. The zero-order valence-corrected chi connectivity index (χ0v) is 13.7. The lowest BCUT2D eigenvalue weighted by molar-refractivity contribution is -0.139. The van der Waals surface area contributed by atoms with Crippen molar-refractivity contribution in [2.24, 2.45) is 0 Å². The minimum Gasteiger partial charge on any atom is -0.464 e. The van der Waals surface area contributed by atoms with Crippen LogP contribution in [-0.4, -0.2) is 26.2 Å². The van der Waals surface area contributed by atoms with E-state index in [4.69, 9.17) is 9.47 Å². The Bertz CT molecular complexity index is 773. The number of nitrogens with one attached hydrogen (secondary N) is 2. The van der Waals surface area contributed by atoms with Gasteiger partial charge in [-0.3, -0.25) is 0 Å². The second kappa shape index (κ2) is 8.49. The first kappa shape index (κ1) is 18.0. The summed E-state index contributed by atoms with van der Waals surface area (Å²) in [5, 5.41) is 5.61. The molecule has 0 unspecified atom stereocenters. The van der Waals surface area contributed by atoms with Gasteiger partial charge in [0, 0.05) is 11.4 Å². The molecule has 25 heavy (non-hydrogen) atoms. The number of esters is 2. The average Bonchev–Trinajstić information content (AvgIpc) is 2.65. The van der Waals surface area contributed by atoms with Crippen LogP contribution in [0.5, 0.6) is 0 Å². The fourth-order valence-electron chi connectivity index (χ4n) is 1.98. The second-order valence-corrected chi connectivity index (χ2v) is 4.86. The number of carbonyl (C=O) groups excluding carboxylic acids is 2. The molecule has 0 saturated carbocycles. The lowest BCUT2D eigenvalue weighted by Crippen LogP contribution is -2.24. The summed E-state index contributed by atoms with van der Waals surface area (Å²) < 4.78 is 22.6. The van der Waals surface area contributed by atoms with Crippen LogP contribution in [0.4, 0.5) is 15.8 Å². The molecule has 0 amide bonds. The van der Waals surface area contributed by atoms with E-state index in [1.807, 2.05) is 6.07 Å². The summed E-state index contributed by atoms with van der Waals surface area (Å²) >= 11 is 0. The molecule has 130 valence electrons. The number of methoxy groups -OCH3 is 2. The summed E-state index contributed by atoms with van der Waals surface area (Å²) in [7, 11) is 2.38. The lowest BCUT2D eigenvalue weighted by atomic mass is 10.2. The Kier molecular flexibility index (Phi) is 6.11. The number of ether oxygens (including phenoxy) is 2. The van der Waals surface area contributed by atoms with Gasteiger partial charge in [0.2, 0.25) is 0 Å². The number of carbonyl (C=O) groups is 2. The van der Waals surface area contributed by atoms with Crippen LogP contribution in [0.15, 0.2) is 66.0 Å². The monoisotopic (exact) mass is 344 g/mol. The largest absolute Gasteiger partial charge is 0.464 e. The molecule has 0 aliphatic rings. The summed E-state index contributed by atoms with van der Waals surface area (Å²) in [5.41, 5.74) is 0.679. The van der Waals surface area contributed by atoms with E-state index in [-0.39, 0.29) is 11.4 Å². The summed E-state index contributed by atoms with van der Waals surface area (Å²) in [4.78, 5) is 24.3. The van der Waals surface area contributed by atoms with Gasteiger partial charge in [-0.25, -0.2) is 14.0 Å². The highest BCUT2D eigenvalue weighted by molar-refractivity contribution is 6.04. The van der Waals surface area contributed by atoms with E-state index in [9.17, 15) is 14.0 Å². The number of hydrogen-bond donors (Lipinski definition) is 2. The predicted molar refractivity (Wildman–Crippen MR) is 91.1 cm³/mol. The van der Waals surface area contributed by atoms with Gasteiger partial charge in [0.25, 0.3) is 0 Å². The van der Waals surface area contributed by atoms with E-state index in [0.29, 0.717) is 11.4 Å². The maximum atomic E-state index is 13.1. The van der Waals surface area contributed by atoms with Crippen molar-refractivity contribution in [3.05, 3.63) is 71.8 Å². The van der Waals surface area contributed by atoms with Crippen molar-refractivity contribution >= 4 is 23.3 Å². The molecule has 0 atom stereocenters. The SMILES string of the molecule is COC(=O)/C(Nc1ccccc1)=C(/Nc1ccc(F)cc1)C(=O)OC. The van der Waals surface area contributed by atoms with Crippen LogP contribution in [0.1, 0.15) is 0 Å². The molecule has 0 aliphatic heterocycles. The number of benzene rings is 2. The third kappa shape index (κ3) is 4.81. The minimum atomic E-state index is -0.784. The summed E-state index contributed by atoms with van der Waals surface area (Å²) in [6, 6.07) is 14.1. The molecule has 0 radical (unpaired) electrons. The zero-order valence-electron chi connectivity index (χ0n) is 13.7. The van der Waals surface area contributed by atoms with Gasteiger partial charge in [-0.1, -0.05) is 18.2 Å². The van der Waals surface area contributed by atoms with Crippen LogP contribution in [-0.2, 0) is 19.1 Å². The van der Waals surface area contributed by atoms with Gasteiger partial charge in [-0.2, -0.15) is 0 Å². The average molecular weight is 344 g/mol. The number of para-hydroxylation sites is 1. The van der Waals surface area contributed by atoms with Crippen molar-refractivity contribution in [1.29, 1.82) is 0 Å². The first-order chi connectivity index (χ1) is 12.0. The molecule has 0 bridgehead atoms. The van der Waals surface area contributed by atoms with Crippen molar-refractivity contribution in [2.75, 3.05) is 24.9 Å². The van der Waals surface area contributed by atoms with E-state index in [0.717, 1.165) is 0 Å². The Balaban J connectivity index is 2.46. The van der Waals surface area contributed by atoms with Crippen LogP contribution in [0, 0.1) is 5.82 Å². The quantitative estimate of drug-likeness (QED) is 0.620. The zero-order chi connectivity index (χ0) is 18.2. The van der Waals surface area contributed by atoms with Crippen molar-refractivity contribution in [2.45, 2.75) is 0 Å². The standard InChI is InChI=1S/C18H17FN2O4/c1-24-17(22)15(20-13-6-4-3-5-7-13)16(18(23)25-2)21-14-10-8-12(19)9-11-14/h3-11,20-21H,1-2H3/b16-15-. The van der Waals surface area contributed by atoms with Crippen LogP contribution >= 0.6 is 0 Å².